The molecule has 0 spiro atoms. The van der Waals surface area contributed by atoms with Gasteiger partial charge >= 0.3 is 0 Å². The number of methoxy groups -OCH3 is 1. The first-order valence-electron chi connectivity index (χ1n) is 9.45. The third kappa shape index (κ3) is 4.44. The van der Waals surface area contributed by atoms with Crippen LogP contribution in [0.4, 0.5) is 5.69 Å². The first-order chi connectivity index (χ1) is 13.8. The number of carbonyl (C=O) groups is 2. The highest BCUT2D eigenvalue weighted by molar-refractivity contribution is 7.80. The van der Waals surface area contributed by atoms with Crippen LogP contribution in [0.15, 0.2) is 24.3 Å². The maximum absolute atomic E-state index is 12.9. The summed E-state index contributed by atoms with van der Waals surface area (Å²) in [6, 6.07) is 6.20. The molecule has 0 radical (unpaired) electrons. The lowest BCUT2D eigenvalue weighted by Gasteiger charge is -2.41. The fourth-order valence-electron chi connectivity index (χ4n) is 3.94. The summed E-state index contributed by atoms with van der Waals surface area (Å²) in [5, 5.41) is 29.6. The molecule has 0 bridgehead atoms. The van der Waals surface area contributed by atoms with Crippen molar-refractivity contribution in [3.8, 4) is 5.75 Å². The molecule has 1 saturated carbocycles. The number of benzene rings is 1. The number of nitrogens with one attached hydrogen (secondary N) is 3. The van der Waals surface area contributed by atoms with E-state index in [-0.39, 0.29) is 24.8 Å². The second-order valence-corrected chi connectivity index (χ2v) is 7.59. The van der Waals surface area contributed by atoms with Gasteiger partial charge in [0.25, 0.3) is 0 Å². The van der Waals surface area contributed by atoms with Gasteiger partial charge in [0.15, 0.2) is 5.11 Å². The van der Waals surface area contributed by atoms with Crippen molar-refractivity contribution in [2.45, 2.75) is 37.6 Å². The van der Waals surface area contributed by atoms with Crippen LogP contribution in [0.2, 0.25) is 0 Å². The van der Waals surface area contributed by atoms with Gasteiger partial charge in [0.2, 0.25) is 11.8 Å². The molecule has 1 aromatic rings. The van der Waals surface area contributed by atoms with Crippen molar-refractivity contribution < 1.29 is 24.5 Å². The summed E-state index contributed by atoms with van der Waals surface area (Å²) in [6.45, 7) is 1.99. The van der Waals surface area contributed by atoms with E-state index in [2.05, 4.69) is 16.0 Å². The van der Waals surface area contributed by atoms with Gasteiger partial charge in [-0.25, -0.2) is 0 Å². The van der Waals surface area contributed by atoms with Gasteiger partial charge in [0.05, 0.1) is 31.2 Å². The van der Waals surface area contributed by atoms with Crippen molar-refractivity contribution in [1.29, 1.82) is 0 Å². The zero-order valence-electron chi connectivity index (χ0n) is 16.3. The third-order valence-corrected chi connectivity index (χ3v) is 5.64. The van der Waals surface area contributed by atoms with Gasteiger partial charge in [-0.15, -0.1) is 0 Å². The molecule has 10 heteroatoms. The molecular formula is C19H26N4O5S. The second-order valence-electron chi connectivity index (χ2n) is 7.21. The highest BCUT2D eigenvalue weighted by Gasteiger charge is 2.53. The Kier molecular flexibility index (Phi) is 6.56. The van der Waals surface area contributed by atoms with Crippen LogP contribution >= 0.6 is 12.2 Å². The zero-order chi connectivity index (χ0) is 21.1. The predicted octanol–water partition coefficient (Wildman–Crippen LogP) is -0.879. The van der Waals surface area contributed by atoms with E-state index in [1.807, 2.05) is 17.0 Å². The molecule has 2 fully saturated rings. The lowest BCUT2D eigenvalue weighted by atomic mass is 9.77. The number of thiocarbonyl (C=S) groups is 1. The van der Waals surface area contributed by atoms with E-state index in [0.29, 0.717) is 17.4 Å². The Bertz CT molecular complexity index is 774. The predicted molar refractivity (Wildman–Crippen MR) is 111 cm³/mol. The van der Waals surface area contributed by atoms with Crippen molar-refractivity contribution in [2.75, 3.05) is 25.1 Å². The second kappa shape index (κ2) is 8.93. The topological polar surface area (TPSA) is 123 Å². The Labute approximate surface area is 174 Å². The maximum atomic E-state index is 12.9. The van der Waals surface area contributed by atoms with Crippen LogP contribution in [0.5, 0.6) is 5.75 Å². The molecule has 1 aromatic carbocycles. The van der Waals surface area contributed by atoms with E-state index in [1.165, 1.54) is 6.92 Å². The first-order valence-corrected chi connectivity index (χ1v) is 9.86. The van der Waals surface area contributed by atoms with Crippen LogP contribution in [0.25, 0.3) is 0 Å². The van der Waals surface area contributed by atoms with Crippen molar-refractivity contribution in [1.82, 2.24) is 16.0 Å². The number of amides is 2. The molecule has 5 atom stereocenters. The van der Waals surface area contributed by atoms with Crippen LogP contribution in [0.3, 0.4) is 0 Å². The molecule has 2 amide bonds. The minimum Gasteiger partial charge on any atom is -0.497 e. The number of hydrogen-bond acceptors (Lipinski definition) is 6. The van der Waals surface area contributed by atoms with Crippen LogP contribution in [0.1, 0.15) is 13.3 Å². The summed E-state index contributed by atoms with van der Waals surface area (Å²) >= 11 is 5.48. The lowest BCUT2D eigenvalue weighted by molar-refractivity contribution is -0.131. The molecule has 1 saturated heterocycles. The number of rotatable bonds is 6. The minimum atomic E-state index is -1.05. The summed E-state index contributed by atoms with van der Waals surface area (Å²) in [7, 11) is 1.58. The SMILES string of the molecule is COc1ccc(N2C(=S)NC3C(O)C(O)CC(C(=O)NCCNC(C)=O)C32)cc1. The normalized spacial score (nSPS) is 28.3. The van der Waals surface area contributed by atoms with Crippen molar-refractivity contribution in [2.24, 2.45) is 5.92 Å². The number of anilines is 1. The maximum Gasteiger partial charge on any atom is 0.225 e. The molecule has 3 rings (SSSR count). The fourth-order valence-corrected chi connectivity index (χ4v) is 4.30. The van der Waals surface area contributed by atoms with E-state index in [0.717, 1.165) is 5.69 Å². The van der Waals surface area contributed by atoms with Gasteiger partial charge in [-0.2, -0.15) is 0 Å². The summed E-state index contributed by atoms with van der Waals surface area (Å²) < 4.78 is 5.19. The molecule has 29 heavy (non-hydrogen) atoms. The highest BCUT2D eigenvalue weighted by atomic mass is 32.1. The average molecular weight is 423 g/mol. The number of hydrogen-bond donors (Lipinski definition) is 5. The fraction of sp³-hybridized carbons (Fsp3) is 0.526. The monoisotopic (exact) mass is 422 g/mol. The van der Waals surface area contributed by atoms with E-state index in [9.17, 15) is 19.8 Å². The van der Waals surface area contributed by atoms with Crippen molar-refractivity contribution >= 4 is 34.8 Å². The molecular weight excluding hydrogens is 396 g/mol. The van der Waals surface area contributed by atoms with Crippen LogP contribution < -0.4 is 25.6 Å². The largest absolute Gasteiger partial charge is 0.497 e. The molecule has 1 heterocycles. The molecule has 2 aliphatic rings. The van der Waals surface area contributed by atoms with Gasteiger partial charge in [-0.05, 0) is 42.9 Å². The number of aliphatic hydroxyl groups excluding tert-OH is 2. The van der Waals surface area contributed by atoms with E-state index < -0.39 is 30.2 Å². The quantitative estimate of drug-likeness (QED) is 0.296. The molecule has 5 N–H and O–H groups in total. The summed E-state index contributed by atoms with van der Waals surface area (Å²) in [4.78, 5) is 25.7. The molecule has 5 unspecified atom stereocenters. The first kappa shape index (κ1) is 21.3. The summed E-state index contributed by atoms with van der Waals surface area (Å²) in [6.07, 6.45) is -2.00. The smallest absolute Gasteiger partial charge is 0.225 e. The average Bonchev–Trinajstić information content (AvgIpc) is 3.05. The van der Waals surface area contributed by atoms with E-state index >= 15 is 0 Å². The Balaban J connectivity index is 1.82. The molecule has 1 aliphatic heterocycles. The Morgan fingerprint density at radius 3 is 2.52 bits per heavy atom. The van der Waals surface area contributed by atoms with Crippen LogP contribution in [-0.2, 0) is 9.59 Å². The number of carbonyl (C=O) groups excluding carboxylic acids is 2. The Hall–Kier alpha value is -2.43. The summed E-state index contributed by atoms with van der Waals surface area (Å²) in [5.41, 5.74) is 0.760. The van der Waals surface area contributed by atoms with E-state index in [1.54, 1.807) is 19.2 Å². The van der Waals surface area contributed by atoms with Crippen molar-refractivity contribution in [3.05, 3.63) is 24.3 Å². The standard InChI is InChI=1S/C19H26N4O5S/c1-10(24)20-7-8-21-18(27)13-9-14(25)17(26)15-16(13)23(19(29)22-15)11-3-5-12(28-2)6-4-11/h3-6,13-17,25-26H,7-9H2,1-2H3,(H,20,24)(H,21,27)(H,22,29). The molecule has 1 aliphatic carbocycles. The number of nitrogens with zero attached hydrogens (tertiary/aromatic N) is 1. The molecule has 0 aromatic heterocycles. The van der Waals surface area contributed by atoms with E-state index in [4.69, 9.17) is 17.0 Å². The lowest BCUT2D eigenvalue weighted by Crippen LogP contribution is -2.61. The van der Waals surface area contributed by atoms with Gasteiger partial charge in [0.1, 0.15) is 11.9 Å². The minimum absolute atomic E-state index is 0.102. The Morgan fingerprint density at radius 2 is 1.90 bits per heavy atom. The van der Waals surface area contributed by atoms with Gasteiger partial charge < -0.3 is 35.8 Å². The highest BCUT2D eigenvalue weighted by Crippen LogP contribution is 2.37. The molecule has 158 valence electrons. The number of fused-ring (bicyclic) bond motifs is 1. The Morgan fingerprint density at radius 1 is 1.24 bits per heavy atom. The number of aliphatic hydroxyl groups is 2. The zero-order valence-corrected chi connectivity index (χ0v) is 17.1. The van der Waals surface area contributed by atoms with Crippen LogP contribution in [0, 0.1) is 5.92 Å². The van der Waals surface area contributed by atoms with Crippen LogP contribution in [-0.4, -0.2) is 71.6 Å². The van der Waals surface area contributed by atoms with Crippen molar-refractivity contribution in [3.63, 3.8) is 0 Å². The van der Waals surface area contributed by atoms with Gasteiger partial charge in [0, 0.05) is 25.7 Å². The molecule has 9 nitrogen and oxygen atoms in total. The van der Waals surface area contributed by atoms with Gasteiger partial charge in [-0.3, -0.25) is 9.59 Å². The summed E-state index contributed by atoms with van der Waals surface area (Å²) in [5.74, 6) is -0.353. The number of ether oxygens (including phenoxy) is 1. The van der Waals surface area contributed by atoms with Gasteiger partial charge in [-0.1, -0.05) is 0 Å². The third-order valence-electron chi connectivity index (χ3n) is 5.33.